The Morgan fingerprint density at radius 3 is 2.53 bits per heavy atom. The molecule has 3 N–H and O–H groups in total. The Labute approximate surface area is 97.6 Å². The van der Waals surface area contributed by atoms with Crippen LogP contribution >= 0.6 is 11.8 Å². The summed E-state index contributed by atoms with van der Waals surface area (Å²) in [6, 6.07) is 0. The summed E-state index contributed by atoms with van der Waals surface area (Å²) >= 11 is 1.84. The van der Waals surface area contributed by atoms with Gasteiger partial charge in [-0.25, -0.2) is 0 Å². The highest BCUT2D eigenvalue weighted by Gasteiger charge is 2.19. The van der Waals surface area contributed by atoms with Gasteiger partial charge in [0.2, 0.25) is 5.91 Å². The predicted octanol–water partition coefficient (Wildman–Crippen LogP) is 1.48. The second kappa shape index (κ2) is 9.04. The highest BCUT2D eigenvalue weighted by atomic mass is 32.2. The fourth-order valence-corrected chi connectivity index (χ4v) is 1.89. The molecular formula is C11H24N2OS. The first kappa shape index (κ1) is 14.8. The molecule has 15 heavy (non-hydrogen) atoms. The van der Waals surface area contributed by atoms with Crippen molar-refractivity contribution < 1.29 is 4.79 Å². The van der Waals surface area contributed by atoms with E-state index in [0.717, 1.165) is 19.4 Å². The third kappa shape index (κ3) is 6.79. The van der Waals surface area contributed by atoms with E-state index in [1.165, 1.54) is 5.75 Å². The molecule has 3 nitrogen and oxygen atoms in total. The minimum atomic E-state index is -0.0365. The van der Waals surface area contributed by atoms with Crippen molar-refractivity contribution in [1.82, 2.24) is 5.32 Å². The highest BCUT2D eigenvalue weighted by molar-refractivity contribution is 7.98. The third-order valence-electron chi connectivity index (χ3n) is 2.47. The monoisotopic (exact) mass is 232 g/mol. The summed E-state index contributed by atoms with van der Waals surface area (Å²) in [5, 5.41) is 2.95. The molecule has 0 rings (SSSR count). The minimum absolute atomic E-state index is 0.0365. The van der Waals surface area contributed by atoms with Crippen LogP contribution in [0.15, 0.2) is 0 Å². The number of hydrogen-bond acceptors (Lipinski definition) is 3. The molecule has 0 saturated heterocycles. The van der Waals surface area contributed by atoms with Gasteiger partial charge in [-0.2, -0.15) is 11.8 Å². The van der Waals surface area contributed by atoms with Crippen molar-refractivity contribution in [3.63, 3.8) is 0 Å². The molecule has 0 aliphatic heterocycles. The van der Waals surface area contributed by atoms with Crippen LogP contribution in [0.4, 0.5) is 0 Å². The van der Waals surface area contributed by atoms with E-state index in [9.17, 15) is 4.79 Å². The maximum absolute atomic E-state index is 11.7. The van der Waals surface area contributed by atoms with Crippen LogP contribution in [0.5, 0.6) is 0 Å². The van der Waals surface area contributed by atoms with E-state index in [-0.39, 0.29) is 11.8 Å². The summed E-state index contributed by atoms with van der Waals surface area (Å²) in [6.07, 6.45) is 4.32. The van der Waals surface area contributed by atoms with Crippen molar-refractivity contribution in [3.05, 3.63) is 0 Å². The quantitative estimate of drug-likeness (QED) is 0.623. The van der Waals surface area contributed by atoms with Crippen LogP contribution < -0.4 is 11.1 Å². The smallest absolute Gasteiger partial charge is 0.224 e. The molecule has 0 saturated carbocycles. The van der Waals surface area contributed by atoms with Crippen LogP contribution in [0.25, 0.3) is 0 Å². The lowest BCUT2D eigenvalue weighted by molar-refractivity contribution is -0.125. The van der Waals surface area contributed by atoms with Crippen molar-refractivity contribution in [3.8, 4) is 0 Å². The second-order valence-corrected chi connectivity index (χ2v) is 5.06. The van der Waals surface area contributed by atoms with E-state index in [1.807, 2.05) is 25.6 Å². The van der Waals surface area contributed by atoms with Crippen LogP contribution in [-0.2, 0) is 4.79 Å². The molecule has 0 aliphatic rings. The lowest BCUT2D eigenvalue weighted by atomic mass is 9.95. The van der Waals surface area contributed by atoms with Crippen molar-refractivity contribution in [1.29, 1.82) is 0 Å². The predicted molar refractivity (Wildman–Crippen MR) is 68.0 cm³/mol. The van der Waals surface area contributed by atoms with E-state index in [2.05, 4.69) is 11.6 Å². The maximum atomic E-state index is 11.7. The Bertz CT molecular complexity index is 174. The first-order chi connectivity index (χ1) is 7.13. The second-order valence-electron chi connectivity index (χ2n) is 4.08. The minimum Gasteiger partial charge on any atom is -0.356 e. The molecule has 0 heterocycles. The Morgan fingerprint density at radius 2 is 2.07 bits per heavy atom. The molecule has 90 valence electrons. The number of amides is 1. The van der Waals surface area contributed by atoms with E-state index in [0.29, 0.717) is 12.5 Å². The van der Waals surface area contributed by atoms with Crippen LogP contribution in [0.1, 0.15) is 26.7 Å². The average Bonchev–Trinajstić information content (AvgIpc) is 2.18. The van der Waals surface area contributed by atoms with Gasteiger partial charge in [0.05, 0.1) is 5.92 Å². The summed E-state index contributed by atoms with van der Waals surface area (Å²) in [5.41, 5.74) is 5.56. The molecule has 0 aromatic carbocycles. The van der Waals surface area contributed by atoms with Crippen molar-refractivity contribution >= 4 is 17.7 Å². The molecule has 1 atom stereocenters. The summed E-state index contributed by atoms with van der Waals surface area (Å²) in [4.78, 5) is 11.7. The van der Waals surface area contributed by atoms with E-state index in [4.69, 9.17) is 5.73 Å². The van der Waals surface area contributed by atoms with Gasteiger partial charge in [0.25, 0.3) is 0 Å². The van der Waals surface area contributed by atoms with E-state index >= 15 is 0 Å². The maximum Gasteiger partial charge on any atom is 0.224 e. The summed E-state index contributed by atoms with van der Waals surface area (Å²) in [7, 11) is 0. The standard InChI is InChI=1S/C11H24N2OS/c1-9(2)10(8-12)11(14)13-6-4-5-7-15-3/h9-10H,4-8,12H2,1-3H3,(H,13,14). The summed E-state index contributed by atoms with van der Waals surface area (Å²) in [6.45, 7) is 5.28. The van der Waals surface area contributed by atoms with Crippen molar-refractivity contribution in [2.24, 2.45) is 17.6 Å². The molecular weight excluding hydrogens is 208 g/mol. The number of hydrogen-bond donors (Lipinski definition) is 2. The molecule has 0 spiro atoms. The van der Waals surface area contributed by atoms with Gasteiger partial charge >= 0.3 is 0 Å². The lowest BCUT2D eigenvalue weighted by Crippen LogP contribution is -2.38. The fourth-order valence-electron chi connectivity index (χ4n) is 1.40. The molecule has 0 radical (unpaired) electrons. The van der Waals surface area contributed by atoms with Crippen molar-refractivity contribution in [2.75, 3.05) is 25.1 Å². The first-order valence-corrected chi connectivity index (χ1v) is 6.99. The van der Waals surface area contributed by atoms with Crippen LogP contribution in [0.3, 0.4) is 0 Å². The van der Waals surface area contributed by atoms with E-state index < -0.39 is 0 Å². The fraction of sp³-hybridized carbons (Fsp3) is 0.909. The number of thioether (sulfide) groups is 1. The molecule has 4 heteroatoms. The number of carbonyl (C=O) groups is 1. The molecule has 0 aliphatic carbocycles. The SMILES string of the molecule is CSCCCCNC(=O)C(CN)C(C)C. The topological polar surface area (TPSA) is 55.1 Å². The molecule has 0 fully saturated rings. The van der Waals surface area contributed by atoms with Gasteiger partial charge in [-0.15, -0.1) is 0 Å². The Hall–Kier alpha value is -0.220. The van der Waals surface area contributed by atoms with Gasteiger partial charge in [0.1, 0.15) is 0 Å². The van der Waals surface area contributed by atoms with Crippen LogP contribution in [0, 0.1) is 11.8 Å². The largest absolute Gasteiger partial charge is 0.356 e. The van der Waals surface area contributed by atoms with Gasteiger partial charge in [-0.3, -0.25) is 4.79 Å². The molecule has 0 bridgehead atoms. The number of rotatable bonds is 8. The third-order valence-corrected chi connectivity index (χ3v) is 3.17. The number of unbranched alkanes of at least 4 members (excludes halogenated alkanes) is 1. The zero-order valence-corrected chi connectivity index (χ0v) is 10.9. The summed E-state index contributed by atoms with van der Waals surface area (Å²) < 4.78 is 0. The number of nitrogens with two attached hydrogens (primary N) is 1. The van der Waals surface area contributed by atoms with Gasteiger partial charge in [-0.05, 0) is 30.8 Å². The normalized spacial score (nSPS) is 12.9. The van der Waals surface area contributed by atoms with Crippen molar-refractivity contribution in [2.45, 2.75) is 26.7 Å². The van der Waals surface area contributed by atoms with Gasteiger partial charge < -0.3 is 11.1 Å². The molecule has 1 unspecified atom stereocenters. The number of carbonyl (C=O) groups excluding carboxylic acids is 1. The molecule has 1 amide bonds. The number of nitrogens with one attached hydrogen (secondary N) is 1. The summed E-state index contributed by atoms with van der Waals surface area (Å²) in [5.74, 6) is 1.56. The Balaban J connectivity index is 3.63. The Morgan fingerprint density at radius 1 is 1.40 bits per heavy atom. The zero-order chi connectivity index (χ0) is 11.7. The Kier molecular flexibility index (Phi) is 8.91. The van der Waals surface area contributed by atoms with Crippen LogP contribution in [-0.4, -0.2) is 31.0 Å². The van der Waals surface area contributed by atoms with E-state index in [1.54, 1.807) is 0 Å². The zero-order valence-electron chi connectivity index (χ0n) is 10.1. The van der Waals surface area contributed by atoms with Gasteiger partial charge in [0.15, 0.2) is 0 Å². The lowest BCUT2D eigenvalue weighted by Gasteiger charge is -2.18. The highest BCUT2D eigenvalue weighted by Crippen LogP contribution is 2.08. The first-order valence-electron chi connectivity index (χ1n) is 5.60. The van der Waals surface area contributed by atoms with Gasteiger partial charge in [-0.1, -0.05) is 13.8 Å². The van der Waals surface area contributed by atoms with Gasteiger partial charge in [0, 0.05) is 13.1 Å². The molecule has 0 aromatic rings. The van der Waals surface area contributed by atoms with Crippen LogP contribution in [0.2, 0.25) is 0 Å². The average molecular weight is 232 g/mol. The molecule has 0 aromatic heterocycles.